The number of anilines is 1. The number of hydrazone groups is 1. The molecule has 0 atom stereocenters. The summed E-state index contributed by atoms with van der Waals surface area (Å²) in [7, 11) is -2.34. The fourth-order valence-electron chi connectivity index (χ4n) is 2.97. The highest BCUT2D eigenvalue weighted by Crippen LogP contribution is 2.29. The van der Waals surface area contributed by atoms with E-state index in [1.165, 1.54) is 13.3 Å². The fourth-order valence-corrected chi connectivity index (χ4v) is 3.83. The molecule has 3 aromatic rings. The van der Waals surface area contributed by atoms with E-state index in [1.807, 2.05) is 24.3 Å². The molecule has 0 aliphatic carbocycles. The van der Waals surface area contributed by atoms with Crippen LogP contribution in [-0.2, 0) is 14.8 Å². The third-order valence-corrected chi connectivity index (χ3v) is 5.50. The van der Waals surface area contributed by atoms with Gasteiger partial charge in [-0.3, -0.25) is 9.10 Å². The Morgan fingerprint density at radius 3 is 2.57 bits per heavy atom. The zero-order valence-corrected chi connectivity index (χ0v) is 17.3. The Morgan fingerprint density at radius 2 is 1.83 bits per heavy atom. The molecule has 2 N–H and O–H groups in total. The molecule has 0 aliphatic heterocycles. The molecular weight excluding hydrogens is 406 g/mol. The topological polar surface area (TPSA) is 108 Å². The zero-order valence-electron chi connectivity index (χ0n) is 16.4. The molecule has 0 spiro atoms. The summed E-state index contributed by atoms with van der Waals surface area (Å²) in [6, 6.07) is 17.2. The molecule has 0 aliphatic rings. The van der Waals surface area contributed by atoms with Crippen LogP contribution in [0, 0.1) is 0 Å². The van der Waals surface area contributed by atoms with Crippen molar-refractivity contribution < 1.29 is 23.1 Å². The van der Waals surface area contributed by atoms with Crippen LogP contribution in [0.15, 0.2) is 65.8 Å². The highest BCUT2D eigenvalue weighted by Gasteiger charge is 2.23. The zero-order chi connectivity index (χ0) is 21.7. The molecule has 0 fully saturated rings. The van der Waals surface area contributed by atoms with Crippen LogP contribution in [0.3, 0.4) is 0 Å². The van der Waals surface area contributed by atoms with Crippen molar-refractivity contribution in [1.82, 2.24) is 5.43 Å². The molecule has 0 bridgehead atoms. The third kappa shape index (κ3) is 4.69. The fraction of sp³-hybridized carbons (Fsp3) is 0.143. The number of sulfonamides is 1. The first-order valence-corrected chi connectivity index (χ1v) is 10.8. The number of nitrogens with zero attached hydrogens (tertiary/aromatic N) is 2. The SMILES string of the molecule is COc1ccccc1N(CC(=O)NN=Cc1c(O)ccc2ccccc12)S(C)(=O)=O. The largest absolute Gasteiger partial charge is 0.507 e. The molecule has 0 saturated heterocycles. The molecule has 0 heterocycles. The van der Waals surface area contributed by atoms with Crippen LogP contribution in [0.2, 0.25) is 0 Å². The molecule has 9 heteroatoms. The van der Waals surface area contributed by atoms with E-state index in [2.05, 4.69) is 10.5 Å². The molecule has 0 radical (unpaired) electrons. The maximum Gasteiger partial charge on any atom is 0.260 e. The van der Waals surface area contributed by atoms with Gasteiger partial charge in [-0.15, -0.1) is 0 Å². The van der Waals surface area contributed by atoms with E-state index in [0.29, 0.717) is 11.3 Å². The maximum atomic E-state index is 12.4. The summed E-state index contributed by atoms with van der Waals surface area (Å²) in [4.78, 5) is 12.4. The van der Waals surface area contributed by atoms with E-state index in [-0.39, 0.29) is 11.4 Å². The predicted octanol–water partition coefficient (Wildman–Crippen LogP) is 2.47. The van der Waals surface area contributed by atoms with Crippen LogP contribution in [0.25, 0.3) is 10.8 Å². The first kappa shape index (κ1) is 21.1. The number of methoxy groups -OCH3 is 1. The van der Waals surface area contributed by atoms with Gasteiger partial charge >= 0.3 is 0 Å². The lowest BCUT2D eigenvalue weighted by Gasteiger charge is -2.23. The van der Waals surface area contributed by atoms with Crippen LogP contribution in [0.4, 0.5) is 5.69 Å². The Morgan fingerprint density at radius 1 is 1.13 bits per heavy atom. The van der Waals surface area contributed by atoms with Gasteiger partial charge in [0.25, 0.3) is 5.91 Å². The number of fused-ring (bicyclic) bond motifs is 1. The van der Waals surface area contributed by atoms with Gasteiger partial charge in [-0.25, -0.2) is 13.8 Å². The van der Waals surface area contributed by atoms with Crippen molar-refractivity contribution >= 4 is 38.6 Å². The second kappa shape index (κ2) is 8.83. The number of phenolic OH excluding ortho intramolecular Hbond substituents is 1. The Balaban J connectivity index is 1.80. The van der Waals surface area contributed by atoms with Gasteiger partial charge in [0.1, 0.15) is 18.0 Å². The second-order valence-corrected chi connectivity index (χ2v) is 8.36. The summed E-state index contributed by atoms with van der Waals surface area (Å²) in [5.41, 5.74) is 2.99. The van der Waals surface area contributed by atoms with E-state index < -0.39 is 22.5 Å². The molecule has 1 amide bonds. The molecule has 0 saturated carbocycles. The first-order chi connectivity index (χ1) is 14.3. The second-order valence-electron chi connectivity index (χ2n) is 6.45. The minimum Gasteiger partial charge on any atom is -0.507 e. The van der Waals surface area contributed by atoms with Crippen LogP contribution >= 0.6 is 0 Å². The lowest BCUT2D eigenvalue weighted by molar-refractivity contribution is -0.119. The number of carbonyl (C=O) groups excluding carboxylic acids is 1. The predicted molar refractivity (Wildman–Crippen MR) is 117 cm³/mol. The van der Waals surface area contributed by atoms with Crippen molar-refractivity contribution in [3.63, 3.8) is 0 Å². The van der Waals surface area contributed by atoms with Gasteiger partial charge in [-0.1, -0.05) is 42.5 Å². The molecule has 3 rings (SSSR count). The number of amides is 1. The maximum absolute atomic E-state index is 12.4. The van der Waals surface area contributed by atoms with Crippen molar-refractivity contribution in [2.45, 2.75) is 0 Å². The quantitative estimate of drug-likeness (QED) is 0.445. The molecule has 3 aromatic carbocycles. The molecule has 8 nitrogen and oxygen atoms in total. The number of phenols is 1. The summed E-state index contributed by atoms with van der Waals surface area (Å²) in [5.74, 6) is -0.319. The van der Waals surface area contributed by atoms with Crippen molar-refractivity contribution in [1.29, 1.82) is 0 Å². The van der Waals surface area contributed by atoms with Crippen molar-refractivity contribution in [2.24, 2.45) is 5.10 Å². The number of carbonyl (C=O) groups is 1. The van der Waals surface area contributed by atoms with E-state index in [9.17, 15) is 18.3 Å². The number of benzene rings is 3. The number of nitrogens with one attached hydrogen (secondary N) is 1. The number of rotatable bonds is 7. The lowest BCUT2D eigenvalue weighted by atomic mass is 10.0. The Labute approximate surface area is 174 Å². The first-order valence-electron chi connectivity index (χ1n) is 8.94. The smallest absolute Gasteiger partial charge is 0.260 e. The average molecular weight is 427 g/mol. The third-order valence-electron chi connectivity index (χ3n) is 4.37. The number of hydrogen-bond donors (Lipinski definition) is 2. The standard InChI is InChI=1S/C21H21N3O5S/c1-29-20-10-6-5-9-18(20)24(30(2,27)28)14-21(26)23-22-13-17-16-8-4-3-7-15(16)11-12-19(17)25/h3-13,25H,14H2,1-2H3,(H,23,26). The Kier molecular flexibility index (Phi) is 6.22. The highest BCUT2D eigenvalue weighted by molar-refractivity contribution is 7.92. The van der Waals surface area contributed by atoms with E-state index in [4.69, 9.17) is 4.74 Å². The normalized spacial score (nSPS) is 11.5. The van der Waals surface area contributed by atoms with Crippen LogP contribution in [0.5, 0.6) is 11.5 Å². The van der Waals surface area contributed by atoms with Crippen molar-refractivity contribution in [3.8, 4) is 11.5 Å². The monoisotopic (exact) mass is 427 g/mol. The summed E-state index contributed by atoms with van der Waals surface area (Å²) >= 11 is 0. The van der Waals surface area contributed by atoms with E-state index in [1.54, 1.807) is 36.4 Å². The van der Waals surface area contributed by atoms with E-state index >= 15 is 0 Å². The van der Waals surface area contributed by atoms with Gasteiger partial charge in [-0.2, -0.15) is 5.10 Å². The van der Waals surface area contributed by atoms with Crippen molar-refractivity contribution in [3.05, 3.63) is 66.2 Å². The Hall–Kier alpha value is -3.59. The van der Waals surface area contributed by atoms with Crippen LogP contribution in [0.1, 0.15) is 5.56 Å². The molecular formula is C21H21N3O5S. The Bertz CT molecular complexity index is 1210. The molecule has 156 valence electrons. The molecule has 0 unspecified atom stereocenters. The minimum absolute atomic E-state index is 0.0125. The van der Waals surface area contributed by atoms with Gasteiger partial charge < -0.3 is 9.84 Å². The summed E-state index contributed by atoms with van der Waals surface area (Å²) < 4.78 is 30.6. The summed E-state index contributed by atoms with van der Waals surface area (Å²) in [5, 5.41) is 15.7. The lowest BCUT2D eigenvalue weighted by Crippen LogP contribution is -2.39. The van der Waals surface area contributed by atoms with E-state index in [0.717, 1.165) is 21.3 Å². The summed E-state index contributed by atoms with van der Waals surface area (Å²) in [6.07, 6.45) is 2.33. The number of ether oxygens (including phenoxy) is 1. The molecule has 30 heavy (non-hydrogen) atoms. The number of aromatic hydroxyl groups is 1. The number of para-hydroxylation sites is 2. The highest BCUT2D eigenvalue weighted by atomic mass is 32.2. The summed E-state index contributed by atoms with van der Waals surface area (Å²) in [6.45, 7) is -0.488. The van der Waals surface area contributed by atoms with Gasteiger partial charge in [0, 0.05) is 5.56 Å². The van der Waals surface area contributed by atoms with Gasteiger partial charge in [0.15, 0.2) is 0 Å². The molecule has 0 aromatic heterocycles. The average Bonchev–Trinajstić information content (AvgIpc) is 2.73. The van der Waals surface area contributed by atoms with Crippen LogP contribution < -0.4 is 14.5 Å². The van der Waals surface area contributed by atoms with Crippen molar-refractivity contribution in [2.75, 3.05) is 24.2 Å². The number of hydrogen-bond acceptors (Lipinski definition) is 6. The van der Waals surface area contributed by atoms with Gasteiger partial charge in [0.05, 0.1) is 25.3 Å². The van der Waals surface area contributed by atoms with Gasteiger partial charge in [0.2, 0.25) is 10.0 Å². The minimum atomic E-state index is -3.76. The van der Waals surface area contributed by atoms with Gasteiger partial charge in [-0.05, 0) is 29.0 Å². The van der Waals surface area contributed by atoms with Crippen LogP contribution in [-0.4, -0.2) is 45.6 Å².